The van der Waals surface area contributed by atoms with E-state index in [0.29, 0.717) is 5.56 Å². The maximum Gasteiger partial charge on any atom is 0.248 e. The number of amides is 1. The summed E-state index contributed by atoms with van der Waals surface area (Å²) in [5.41, 5.74) is 10.2. The Morgan fingerprint density at radius 1 is 1.20 bits per heavy atom. The van der Waals surface area contributed by atoms with E-state index >= 15 is 0 Å². The molecule has 7 heteroatoms. The molecule has 0 saturated heterocycles. The van der Waals surface area contributed by atoms with Gasteiger partial charge in [0.2, 0.25) is 5.91 Å². The molecular weight excluding hydrogens is 334 g/mol. The molecule has 0 atom stereocenters. The molecule has 0 fully saturated rings. The Morgan fingerprint density at radius 2 is 2.08 bits per heavy atom. The van der Waals surface area contributed by atoms with Gasteiger partial charge in [-0.25, -0.2) is 9.97 Å². The molecule has 0 aliphatic carbocycles. The Bertz CT molecular complexity index is 1080. The first-order valence-corrected chi connectivity index (χ1v) is 8.56. The molecule has 4 aromatic rings. The fourth-order valence-electron chi connectivity index (χ4n) is 2.74. The summed E-state index contributed by atoms with van der Waals surface area (Å²) >= 11 is 1.49. The number of nitrogens with zero attached hydrogens (tertiary/aromatic N) is 3. The fourth-order valence-corrected chi connectivity index (χ4v) is 3.45. The lowest BCUT2D eigenvalue weighted by molar-refractivity contribution is 0.100. The molecule has 6 nitrogen and oxygen atoms in total. The molecule has 1 aromatic carbocycles. The van der Waals surface area contributed by atoms with Crippen LogP contribution >= 0.6 is 11.3 Å². The molecule has 0 aliphatic rings. The topological polar surface area (TPSA) is 85.3 Å². The molecule has 0 saturated carbocycles. The van der Waals surface area contributed by atoms with Crippen molar-refractivity contribution in [2.45, 2.75) is 6.92 Å². The number of hydrogen-bond donors (Lipinski definition) is 2. The van der Waals surface area contributed by atoms with Gasteiger partial charge in [-0.2, -0.15) is 0 Å². The highest BCUT2D eigenvalue weighted by Crippen LogP contribution is 2.29. The van der Waals surface area contributed by atoms with Gasteiger partial charge in [-0.1, -0.05) is 12.1 Å². The van der Waals surface area contributed by atoms with E-state index in [0.717, 1.165) is 33.5 Å². The second-order valence-corrected chi connectivity index (χ2v) is 6.44. The van der Waals surface area contributed by atoms with Gasteiger partial charge in [-0.15, -0.1) is 11.3 Å². The number of fused-ring (bicyclic) bond motifs is 1. The minimum Gasteiger partial charge on any atom is -0.366 e. The van der Waals surface area contributed by atoms with Crippen LogP contribution < -0.4 is 11.1 Å². The summed E-state index contributed by atoms with van der Waals surface area (Å²) in [6.07, 6.45) is 1.98. The molecule has 0 spiro atoms. The maximum absolute atomic E-state index is 11.3. The molecule has 3 heterocycles. The van der Waals surface area contributed by atoms with Crippen LogP contribution in [0.3, 0.4) is 0 Å². The second kappa shape index (κ2) is 6.03. The number of carbonyl (C=O) groups is 1. The van der Waals surface area contributed by atoms with Crippen LogP contribution in [0.4, 0.5) is 10.8 Å². The van der Waals surface area contributed by atoms with E-state index in [9.17, 15) is 4.79 Å². The molecule has 0 unspecified atom stereocenters. The van der Waals surface area contributed by atoms with Gasteiger partial charge >= 0.3 is 0 Å². The summed E-state index contributed by atoms with van der Waals surface area (Å²) in [4.78, 5) is 20.5. The molecule has 4 rings (SSSR count). The average molecular weight is 349 g/mol. The largest absolute Gasteiger partial charge is 0.366 e. The first-order valence-electron chi connectivity index (χ1n) is 7.68. The van der Waals surface area contributed by atoms with E-state index in [-0.39, 0.29) is 0 Å². The zero-order valence-corrected chi connectivity index (χ0v) is 14.2. The molecular formula is C18H15N5OS. The van der Waals surface area contributed by atoms with Crippen molar-refractivity contribution in [2.24, 2.45) is 5.73 Å². The maximum atomic E-state index is 11.3. The van der Waals surface area contributed by atoms with Gasteiger partial charge in [0.05, 0.1) is 11.4 Å². The number of carbonyl (C=O) groups excluding carboxylic acids is 1. The third kappa shape index (κ3) is 2.85. The van der Waals surface area contributed by atoms with Crippen LogP contribution in [-0.2, 0) is 0 Å². The fraction of sp³-hybridized carbons (Fsp3) is 0.0556. The Kier molecular flexibility index (Phi) is 3.70. The lowest BCUT2D eigenvalue weighted by Crippen LogP contribution is -2.10. The summed E-state index contributed by atoms with van der Waals surface area (Å²) < 4.78 is 2.03. The third-order valence-electron chi connectivity index (χ3n) is 3.85. The average Bonchev–Trinajstić information content (AvgIpc) is 3.18. The van der Waals surface area contributed by atoms with Gasteiger partial charge in [-0.05, 0) is 37.3 Å². The van der Waals surface area contributed by atoms with Crippen molar-refractivity contribution in [1.82, 2.24) is 14.4 Å². The number of rotatable bonds is 4. The normalized spacial score (nSPS) is 10.9. The summed E-state index contributed by atoms with van der Waals surface area (Å²) in [7, 11) is 0. The molecule has 1 amide bonds. The molecule has 25 heavy (non-hydrogen) atoms. The number of nitrogens with two attached hydrogens (primary N) is 1. The molecule has 0 bridgehead atoms. The molecule has 3 aromatic heterocycles. The number of benzene rings is 1. The van der Waals surface area contributed by atoms with Crippen LogP contribution in [0, 0.1) is 6.92 Å². The Balaban J connectivity index is 1.67. The number of primary amides is 1. The van der Waals surface area contributed by atoms with Crippen LogP contribution in [0.15, 0.2) is 54.0 Å². The second-order valence-electron chi connectivity index (χ2n) is 5.58. The van der Waals surface area contributed by atoms with Crippen LogP contribution in [0.5, 0.6) is 0 Å². The lowest BCUT2D eigenvalue weighted by Gasteiger charge is -2.04. The third-order valence-corrected chi connectivity index (χ3v) is 4.61. The van der Waals surface area contributed by atoms with E-state index in [1.807, 2.05) is 47.2 Å². The SMILES string of the molecule is Cc1nc2ccccn2c1-c1csc(Nc2cccc(C(N)=O)c2)n1. The number of pyridine rings is 1. The lowest BCUT2D eigenvalue weighted by atomic mass is 10.2. The van der Waals surface area contributed by atoms with Crippen molar-refractivity contribution < 1.29 is 4.79 Å². The number of hydrogen-bond acceptors (Lipinski definition) is 5. The minimum atomic E-state index is -0.454. The molecule has 3 N–H and O–H groups in total. The Morgan fingerprint density at radius 3 is 2.92 bits per heavy atom. The minimum absolute atomic E-state index is 0.454. The Hall–Kier alpha value is -3.19. The van der Waals surface area contributed by atoms with Crippen molar-refractivity contribution in [1.29, 1.82) is 0 Å². The van der Waals surface area contributed by atoms with Gasteiger partial charge in [0.15, 0.2) is 5.13 Å². The highest BCUT2D eigenvalue weighted by Gasteiger charge is 2.14. The smallest absolute Gasteiger partial charge is 0.248 e. The van der Waals surface area contributed by atoms with E-state index < -0.39 is 5.91 Å². The first kappa shape index (κ1) is 15.3. The van der Waals surface area contributed by atoms with Crippen molar-refractivity contribution in [3.63, 3.8) is 0 Å². The highest BCUT2D eigenvalue weighted by molar-refractivity contribution is 7.14. The van der Waals surface area contributed by atoms with E-state index in [2.05, 4.69) is 15.3 Å². The summed E-state index contributed by atoms with van der Waals surface area (Å²) in [6, 6.07) is 12.9. The molecule has 0 aliphatic heterocycles. The predicted molar refractivity (Wildman–Crippen MR) is 99.3 cm³/mol. The van der Waals surface area contributed by atoms with E-state index in [1.54, 1.807) is 18.2 Å². The van der Waals surface area contributed by atoms with Gasteiger partial charge in [0, 0.05) is 22.8 Å². The zero-order chi connectivity index (χ0) is 17.4. The van der Waals surface area contributed by atoms with Crippen molar-refractivity contribution in [3.05, 3.63) is 65.3 Å². The van der Waals surface area contributed by atoms with E-state index in [4.69, 9.17) is 5.73 Å². The van der Waals surface area contributed by atoms with Crippen LogP contribution in [0.1, 0.15) is 16.1 Å². The van der Waals surface area contributed by atoms with Gasteiger partial charge < -0.3 is 11.1 Å². The molecule has 0 radical (unpaired) electrons. The first-order chi connectivity index (χ1) is 12.1. The molecule has 124 valence electrons. The number of anilines is 2. The summed E-state index contributed by atoms with van der Waals surface area (Å²) in [5, 5.41) is 5.95. The van der Waals surface area contributed by atoms with Crippen LogP contribution in [0.2, 0.25) is 0 Å². The number of nitrogens with one attached hydrogen (secondary N) is 1. The van der Waals surface area contributed by atoms with Crippen molar-refractivity contribution in [3.8, 4) is 11.4 Å². The summed E-state index contributed by atoms with van der Waals surface area (Å²) in [5.74, 6) is -0.454. The number of imidazole rings is 1. The zero-order valence-electron chi connectivity index (χ0n) is 13.4. The number of aryl methyl sites for hydroxylation is 1. The highest BCUT2D eigenvalue weighted by atomic mass is 32.1. The van der Waals surface area contributed by atoms with Crippen molar-refractivity contribution in [2.75, 3.05) is 5.32 Å². The Labute approximate surface area is 148 Å². The van der Waals surface area contributed by atoms with Gasteiger partial charge in [0.25, 0.3) is 0 Å². The predicted octanol–water partition coefficient (Wildman–Crippen LogP) is 3.61. The quantitative estimate of drug-likeness (QED) is 0.589. The van der Waals surface area contributed by atoms with Gasteiger partial charge in [-0.3, -0.25) is 9.20 Å². The van der Waals surface area contributed by atoms with Crippen molar-refractivity contribution >= 4 is 33.7 Å². The van der Waals surface area contributed by atoms with Gasteiger partial charge in [0.1, 0.15) is 11.3 Å². The number of thiazole rings is 1. The summed E-state index contributed by atoms with van der Waals surface area (Å²) in [6.45, 7) is 1.98. The van der Waals surface area contributed by atoms with Crippen LogP contribution in [-0.4, -0.2) is 20.3 Å². The monoisotopic (exact) mass is 349 g/mol. The standard InChI is InChI=1S/C18H15N5OS/c1-11-16(23-8-3-2-7-15(23)20-11)14-10-25-18(22-14)21-13-6-4-5-12(9-13)17(19)24/h2-10H,1H3,(H2,19,24)(H,21,22). The number of aromatic nitrogens is 3. The van der Waals surface area contributed by atoms with Crippen LogP contribution in [0.25, 0.3) is 17.0 Å². The van der Waals surface area contributed by atoms with E-state index in [1.165, 1.54) is 11.3 Å².